The SMILES string of the molecule is Cc1cc(F)ccc1C1(O)CCC(C(C)C)CC1. The molecule has 100 valence electrons. The van der Waals surface area contributed by atoms with Crippen LogP contribution in [0.25, 0.3) is 0 Å². The van der Waals surface area contributed by atoms with Crippen LogP contribution in [0, 0.1) is 24.6 Å². The molecule has 2 rings (SSSR count). The van der Waals surface area contributed by atoms with E-state index >= 15 is 0 Å². The van der Waals surface area contributed by atoms with Gasteiger partial charge >= 0.3 is 0 Å². The lowest BCUT2D eigenvalue weighted by atomic mass is 9.71. The summed E-state index contributed by atoms with van der Waals surface area (Å²) in [6, 6.07) is 4.72. The topological polar surface area (TPSA) is 20.2 Å². The van der Waals surface area contributed by atoms with Gasteiger partial charge < -0.3 is 5.11 Å². The Morgan fingerprint density at radius 2 is 1.89 bits per heavy atom. The normalized spacial score (nSPS) is 28.7. The molecule has 1 aromatic rings. The second-order valence-corrected chi connectivity index (χ2v) is 6.07. The van der Waals surface area contributed by atoms with Crippen molar-refractivity contribution in [3.05, 3.63) is 35.1 Å². The fraction of sp³-hybridized carbons (Fsp3) is 0.625. The van der Waals surface area contributed by atoms with Crippen molar-refractivity contribution < 1.29 is 9.50 Å². The van der Waals surface area contributed by atoms with Crippen LogP contribution < -0.4 is 0 Å². The van der Waals surface area contributed by atoms with Gasteiger partial charge in [-0.2, -0.15) is 0 Å². The molecule has 1 nitrogen and oxygen atoms in total. The van der Waals surface area contributed by atoms with Crippen LogP contribution in [0.5, 0.6) is 0 Å². The Morgan fingerprint density at radius 1 is 1.28 bits per heavy atom. The first kappa shape index (κ1) is 13.5. The molecule has 1 aromatic carbocycles. The van der Waals surface area contributed by atoms with Crippen molar-refractivity contribution in [3.8, 4) is 0 Å². The molecule has 1 N–H and O–H groups in total. The Labute approximate surface area is 109 Å². The third kappa shape index (κ3) is 2.59. The molecule has 0 spiro atoms. The van der Waals surface area contributed by atoms with E-state index in [1.54, 1.807) is 6.07 Å². The van der Waals surface area contributed by atoms with Gasteiger partial charge in [-0.25, -0.2) is 4.39 Å². The van der Waals surface area contributed by atoms with Crippen LogP contribution in [0.1, 0.15) is 50.7 Å². The Kier molecular flexibility index (Phi) is 3.76. The fourth-order valence-corrected chi connectivity index (χ4v) is 3.20. The highest BCUT2D eigenvalue weighted by atomic mass is 19.1. The molecule has 0 heterocycles. The summed E-state index contributed by atoms with van der Waals surface area (Å²) >= 11 is 0. The summed E-state index contributed by atoms with van der Waals surface area (Å²) in [4.78, 5) is 0. The molecular weight excluding hydrogens is 227 g/mol. The Bertz CT molecular complexity index is 417. The first-order valence-corrected chi connectivity index (χ1v) is 6.91. The third-order valence-corrected chi connectivity index (χ3v) is 4.49. The number of hydrogen-bond acceptors (Lipinski definition) is 1. The van der Waals surface area contributed by atoms with E-state index in [-0.39, 0.29) is 5.82 Å². The Morgan fingerprint density at radius 3 is 2.39 bits per heavy atom. The molecule has 0 atom stereocenters. The van der Waals surface area contributed by atoms with Crippen molar-refractivity contribution >= 4 is 0 Å². The summed E-state index contributed by atoms with van der Waals surface area (Å²) < 4.78 is 13.1. The molecule has 1 saturated carbocycles. The van der Waals surface area contributed by atoms with E-state index in [1.165, 1.54) is 12.1 Å². The first-order valence-electron chi connectivity index (χ1n) is 6.91. The van der Waals surface area contributed by atoms with Gasteiger partial charge in [0.05, 0.1) is 5.60 Å². The summed E-state index contributed by atoms with van der Waals surface area (Å²) in [5.74, 6) is 1.17. The van der Waals surface area contributed by atoms with Crippen LogP contribution in [0.4, 0.5) is 4.39 Å². The van der Waals surface area contributed by atoms with Crippen LogP contribution >= 0.6 is 0 Å². The van der Waals surface area contributed by atoms with Crippen LogP contribution in [0.2, 0.25) is 0 Å². The molecule has 1 aliphatic rings. The number of aryl methyl sites for hydroxylation is 1. The largest absolute Gasteiger partial charge is 0.385 e. The third-order valence-electron chi connectivity index (χ3n) is 4.49. The number of rotatable bonds is 2. The minimum absolute atomic E-state index is 0.226. The summed E-state index contributed by atoms with van der Waals surface area (Å²) in [7, 11) is 0. The van der Waals surface area contributed by atoms with E-state index in [0.29, 0.717) is 11.8 Å². The van der Waals surface area contributed by atoms with Crippen molar-refractivity contribution in [2.24, 2.45) is 11.8 Å². The molecule has 0 bridgehead atoms. The van der Waals surface area contributed by atoms with Gasteiger partial charge in [-0.3, -0.25) is 0 Å². The molecule has 0 aromatic heterocycles. The molecule has 0 unspecified atom stereocenters. The number of halogens is 1. The maximum absolute atomic E-state index is 13.1. The van der Waals surface area contributed by atoms with Gasteiger partial charge in [0.15, 0.2) is 0 Å². The molecule has 1 fully saturated rings. The fourth-order valence-electron chi connectivity index (χ4n) is 3.20. The summed E-state index contributed by atoms with van der Waals surface area (Å²) in [6.45, 7) is 6.38. The second-order valence-electron chi connectivity index (χ2n) is 6.07. The minimum Gasteiger partial charge on any atom is -0.385 e. The summed E-state index contributed by atoms with van der Waals surface area (Å²) in [5.41, 5.74) is 1.02. The van der Waals surface area contributed by atoms with Crippen molar-refractivity contribution in [1.82, 2.24) is 0 Å². The zero-order valence-corrected chi connectivity index (χ0v) is 11.5. The summed E-state index contributed by atoms with van der Waals surface area (Å²) in [5, 5.41) is 10.8. The zero-order valence-electron chi connectivity index (χ0n) is 11.5. The predicted octanol–water partition coefficient (Wildman–Crippen LogP) is 4.17. The van der Waals surface area contributed by atoms with Crippen molar-refractivity contribution in [3.63, 3.8) is 0 Å². The molecule has 1 aliphatic carbocycles. The maximum Gasteiger partial charge on any atom is 0.123 e. The lowest BCUT2D eigenvalue weighted by molar-refractivity contribution is -0.0205. The van der Waals surface area contributed by atoms with E-state index in [9.17, 15) is 9.50 Å². The quantitative estimate of drug-likeness (QED) is 0.835. The molecular formula is C16H23FO. The lowest BCUT2D eigenvalue weighted by Crippen LogP contribution is -2.33. The van der Waals surface area contributed by atoms with Gasteiger partial charge in [-0.05, 0) is 67.7 Å². The highest BCUT2D eigenvalue weighted by Gasteiger charge is 2.36. The number of aliphatic hydroxyl groups is 1. The van der Waals surface area contributed by atoms with E-state index < -0.39 is 5.60 Å². The van der Waals surface area contributed by atoms with Crippen LogP contribution in [0.15, 0.2) is 18.2 Å². The standard InChI is InChI=1S/C16H23FO/c1-11(2)13-6-8-16(18,9-7-13)15-5-4-14(17)10-12(15)3/h4-5,10-11,13,18H,6-9H2,1-3H3. The van der Waals surface area contributed by atoms with Gasteiger partial charge in [0.25, 0.3) is 0 Å². The summed E-state index contributed by atoms with van der Waals surface area (Å²) in [6.07, 6.45) is 3.71. The van der Waals surface area contributed by atoms with E-state index in [1.807, 2.05) is 6.92 Å². The van der Waals surface area contributed by atoms with E-state index in [0.717, 1.165) is 36.8 Å². The van der Waals surface area contributed by atoms with Gasteiger partial charge in [0.1, 0.15) is 5.82 Å². The maximum atomic E-state index is 13.1. The van der Waals surface area contributed by atoms with Gasteiger partial charge in [-0.15, -0.1) is 0 Å². The highest BCUT2D eigenvalue weighted by molar-refractivity contribution is 5.32. The number of benzene rings is 1. The number of hydrogen-bond donors (Lipinski definition) is 1. The zero-order chi connectivity index (χ0) is 13.3. The molecule has 0 saturated heterocycles. The Hall–Kier alpha value is -0.890. The molecule has 0 aliphatic heterocycles. The molecule has 0 amide bonds. The van der Waals surface area contributed by atoms with E-state index in [2.05, 4.69) is 13.8 Å². The second kappa shape index (κ2) is 5.00. The first-order chi connectivity index (χ1) is 8.42. The Balaban J connectivity index is 2.18. The van der Waals surface area contributed by atoms with Gasteiger partial charge in [0.2, 0.25) is 0 Å². The monoisotopic (exact) mass is 250 g/mol. The smallest absolute Gasteiger partial charge is 0.123 e. The van der Waals surface area contributed by atoms with Crippen molar-refractivity contribution in [2.75, 3.05) is 0 Å². The van der Waals surface area contributed by atoms with Crippen LogP contribution in [0.3, 0.4) is 0 Å². The molecule has 0 radical (unpaired) electrons. The minimum atomic E-state index is -0.747. The molecule has 18 heavy (non-hydrogen) atoms. The highest BCUT2D eigenvalue weighted by Crippen LogP contribution is 2.42. The van der Waals surface area contributed by atoms with E-state index in [4.69, 9.17) is 0 Å². The lowest BCUT2D eigenvalue weighted by Gasteiger charge is -2.38. The van der Waals surface area contributed by atoms with Crippen molar-refractivity contribution in [2.45, 2.75) is 52.1 Å². The van der Waals surface area contributed by atoms with Gasteiger partial charge in [-0.1, -0.05) is 19.9 Å². The predicted molar refractivity (Wildman–Crippen MR) is 71.8 cm³/mol. The van der Waals surface area contributed by atoms with Crippen molar-refractivity contribution in [1.29, 1.82) is 0 Å². The van der Waals surface area contributed by atoms with Crippen LogP contribution in [-0.2, 0) is 5.60 Å². The average molecular weight is 250 g/mol. The molecule has 2 heteroatoms. The average Bonchev–Trinajstić information content (AvgIpc) is 2.29. The van der Waals surface area contributed by atoms with Crippen LogP contribution in [-0.4, -0.2) is 5.11 Å². The van der Waals surface area contributed by atoms with Gasteiger partial charge in [0, 0.05) is 0 Å².